The number of fused-ring (bicyclic) bond motifs is 2. The highest BCUT2D eigenvalue weighted by atomic mass is 19.1. The molecule has 1 N–H and O–H groups in total. The lowest BCUT2D eigenvalue weighted by Gasteiger charge is -2.43. The maximum atomic E-state index is 14.2. The van der Waals surface area contributed by atoms with Crippen molar-refractivity contribution in [3.63, 3.8) is 0 Å². The predicted molar refractivity (Wildman–Crippen MR) is 104 cm³/mol. The van der Waals surface area contributed by atoms with Gasteiger partial charge in [-0.2, -0.15) is 4.39 Å². The van der Waals surface area contributed by atoms with Crippen molar-refractivity contribution < 1.29 is 23.1 Å². The molecule has 0 saturated carbocycles. The molecule has 3 aromatic rings. The van der Waals surface area contributed by atoms with Crippen LogP contribution in [0.3, 0.4) is 0 Å². The van der Waals surface area contributed by atoms with Crippen LogP contribution in [0.25, 0.3) is 11.3 Å². The third-order valence-electron chi connectivity index (χ3n) is 6.21. The second kappa shape index (κ2) is 7.02. The minimum atomic E-state index is -1.34. The highest BCUT2D eigenvalue weighted by Crippen LogP contribution is 2.46. The molecule has 5 rings (SSSR count). The Morgan fingerprint density at radius 2 is 1.77 bits per heavy atom. The summed E-state index contributed by atoms with van der Waals surface area (Å²) in [5, 5.41) is 11.2. The van der Waals surface area contributed by atoms with Gasteiger partial charge in [0.25, 0.3) is 5.91 Å². The van der Waals surface area contributed by atoms with Gasteiger partial charge in [0.15, 0.2) is 5.76 Å². The zero-order valence-corrected chi connectivity index (χ0v) is 16.1. The molecule has 1 amide bonds. The third kappa shape index (κ3) is 3.10. The Labute approximate surface area is 172 Å². The second-order valence-corrected chi connectivity index (χ2v) is 8.05. The van der Waals surface area contributed by atoms with Crippen LogP contribution in [0.2, 0.25) is 0 Å². The van der Waals surface area contributed by atoms with Crippen molar-refractivity contribution in [2.24, 2.45) is 0 Å². The summed E-state index contributed by atoms with van der Waals surface area (Å²) in [4.78, 5) is 18.6. The molecule has 2 atom stereocenters. The fourth-order valence-electron chi connectivity index (χ4n) is 4.86. The van der Waals surface area contributed by atoms with Crippen molar-refractivity contribution in [3.05, 3.63) is 77.8 Å². The molecule has 5 nitrogen and oxygen atoms in total. The zero-order chi connectivity index (χ0) is 20.9. The molecule has 0 spiro atoms. The van der Waals surface area contributed by atoms with Gasteiger partial charge in [-0.15, -0.1) is 0 Å². The van der Waals surface area contributed by atoms with Crippen LogP contribution in [-0.4, -0.2) is 33.0 Å². The first kappa shape index (κ1) is 18.9. The van der Waals surface area contributed by atoms with E-state index in [9.17, 15) is 18.7 Å². The van der Waals surface area contributed by atoms with Gasteiger partial charge in [-0.1, -0.05) is 6.07 Å². The van der Waals surface area contributed by atoms with Crippen LogP contribution >= 0.6 is 0 Å². The van der Waals surface area contributed by atoms with Gasteiger partial charge in [-0.3, -0.25) is 4.79 Å². The number of aliphatic hydroxyl groups is 1. The average molecular weight is 410 g/mol. The number of pyridine rings is 1. The number of halogens is 2. The molecule has 0 aliphatic carbocycles. The molecule has 7 heteroatoms. The quantitative estimate of drug-likeness (QED) is 0.655. The highest BCUT2D eigenvalue weighted by molar-refractivity contribution is 5.93. The van der Waals surface area contributed by atoms with E-state index in [-0.39, 0.29) is 48.0 Å². The van der Waals surface area contributed by atoms with E-state index in [2.05, 4.69) is 4.98 Å². The van der Waals surface area contributed by atoms with Gasteiger partial charge in [-0.25, -0.2) is 9.37 Å². The zero-order valence-electron chi connectivity index (χ0n) is 16.1. The summed E-state index contributed by atoms with van der Waals surface area (Å²) in [6.07, 6.45) is 3.34. The van der Waals surface area contributed by atoms with Crippen molar-refractivity contribution in [2.75, 3.05) is 0 Å². The average Bonchev–Trinajstić information content (AvgIpc) is 3.32. The predicted octanol–water partition coefficient (Wildman–Crippen LogP) is 4.27. The normalized spacial score (nSPS) is 25.5. The van der Waals surface area contributed by atoms with Gasteiger partial charge in [0.05, 0.1) is 5.60 Å². The Hall–Kier alpha value is -3.06. The number of hydrogen-bond donors (Lipinski definition) is 1. The second-order valence-electron chi connectivity index (χ2n) is 8.05. The van der Waals surface area contributed by atoms with E-state index in [1.54, 1.807) is 41.3 Å². The van der Waals surface area contributed by atoms with Crippen LogP contribution < -0.4 is 0 Å². The number of carbonyl (C=O) groups is 1. The van der Waals surface area contributed by atoms with E-state index in [4.69, 9.17) is 4.42 Å². The molecule has 2 fully saturated rings. The number of hydrogen-bond acceptors (Lipinski definition) is 4. The third-order valence-corrected chi connectivity index (χ3v) is 6.21. The summed E-state index contributed by atoms with van der Waals surface area (Å²) in [6, 6.07) is 11.9. The van der Waals surface area contributed by atoms with E-state index >= 15 is 0 Å². The van der Waals surface area contributed by atoms with Crippen LogP contribution in [0.4, 0.5) is 8.78 Å². The van der Waals surface area contributed by atoms with E-state index in [0.29, 0.717) is 11.3 Å². The number of furan rings is 1. The van der Waals surface area contributed by atoms with Crippen LogP contribution in [0, 0.1) is 11.8 Å². The van der Waals surface area contributed by atoms with Gasteiger partial charge in [0.1, 0.15) is 11.6 Å². The Kier molecular flexibility index (Phi) is 4.43. The van der Waals surface area contributed by atoms with Crippen molar-refractivity contribution >= 4 is 5.91 Å². The van der Waals surface area contributed by atoms with Gasteiger partial charge in [-0.05, 0) is 55.3 Å². The monoisotopic (exact) mass is 410 g/mol. The van der Waals surface area contributed by atoms with Crippen LogP contribution in [0.1, 0.15) is 41.8 Å². The molecule has 154 valence electrons. The van der Waals surface area contributed by atoms with E-state index in [1.165, 1.54) is 18.3 Å². The molecule has 0 radical (unpaired) electrons. The smallest absolute Gasteiger partial charge is 0.290 e. The lowest BCUT2D eigenvalue weighted by Crippen LogP contribution is -2.52. The topological polar surface area (TPSA) is 66.6 Å². The number of benzene rings is 1. The first-order chi connectivity index (χ1) is 14.4. The van der Waals surface area contributed by atoms with Crippen LogP contribution in [0.5, 0.6) is 0 Å². The molecule has 2 bridgehead atoms. The number of nitrogens with zero attached hydrogens (tertiary/aromatic N) is 2. The fraction of sp³-hybridized carbons (Fsp3) is 0.304. The molecule has 0 unspecified atom stereocenters. The van der Waals surface area contributed by atoms with Gasteiger partial charge < -0.3 is 14.4 Å². The van der Waals surface area contributed by atoms with Gasteiger partial charge in [0, 0.05) is 42.2 Å². The van der Waals surface area contributed by atoms with Crippen molar-refractivity contribution in [3.8, 4) is 11.3 Å². The molecule has 2 aliphatic rings. The Morgan fingerprint density at radius 3 is 2.43 bits per heavy atom. The Bertz CT molecular complexity index is 1080. The number of rotatable bonds is 3. The number of piperidine rings is 1. The first-order valence-corrected chi connectivity index (χ1v) is 9.96. The van der Waals surface area contributed by atoms with Crippen molar-refractivity contribution in [2.45, 2.75) is 43.4 Å². The summed E-state index contributed by atoms with van der Waals surface area (Å²) in [7, 11) is 0. The Balaban J connectivity index is 1.38. The number of amides is 1. The van der Waals surface area contributed by atoms with Gasteiger partial charge in [0.2, 0.25) is 5.95 Å². The van der Waals surface area contributed by atoms with Gasteiger partial charge >= 0.3 is 0 Å². The number of carbonyl (C=O) groups excluding carboxylic acids is 1. The molecule has 30 heavy (non-hydrogen) atoms. The summed E-state index contributed by atoms with van der Waals surface area (Å²) in [6.45, 7) is 0. The van der Waals surface area contributed by atoms with E-state index in [0.717, 1.165) is 12.8 Å². The summed E-state index contributed by atoms with van der Waals surface area (Å²) in [5.74, 6) is -0.580. The highest BCUT2D eigenvalue weighted by Gasteiger charge is 2.51. The van der Waals surface area contributed by atoms with E-state index in [1.807, 2.05) is 0 Å². The maximum Gasteiger partial charge on any atom is 0.290 e. The summed E-state index contributed by atoms with van der Waals surface area (Å²) >= 11 is 0. The molecule has 1 aromatic carbocycles. The minimum absolute atomic E-state index is 0.186. The lowest BCUT2D eigenvalue weighted by atomic mass is 9.81. The SMILES string of the molecule is O=C(c1ccc(-c2ccc(F)cc2)o1)N1[C@H]2CC[C@H]1CC(O)(c1cccnc1F)C2. The molecule has 2 aromatic heterocycles. The lowest BCUT2D eigenvalue weighted by molar-refractivity contribution is -0.0510. The molecule has 2 aliphatic heterocycles. The summed E-state index contributed by atoms with van der Waals surface area (Å²) in [5.41, 5.74) is -0.479. The molecular formula is C23H20F2N2O3. The largest absolute Gasteiger partial charge is 0.451 e. The molecule has 2 saturated heterocycles. The first-order valence-electron chi connectivity index (χ1n) is 9.96. The molecule has 4 heterocycles. The van der Waals surface area contributed by atoms with Crippen LogP contribution in [-0.2, 0) is 5.60 Å². The number of aromatic nitrogens is 1. The standard InChI is InChI=1S/C23H20F2N2O3/c24-15-5-3-14(4-6-15)19-9-10-20(30-19)22(28)27-16-7-8-17(27)13-23(29,12-16)18-2-1-11-26-21(18)25/h1-6,9-11,16-17,29H,7-8,12-13H2/t16-,17-/m0/s1. The molecular weight excluding hydrogens is 390 g/mol. The summed E-state index contributed by atoms with van der Waals surface area (Å²) < 4.78 is 33.1. The van der Waals surface area contributed by atoms with Crippen molar-refractivity contribution in [1.29, 1.82) is 0 Å². The fourth-order valence-corrected chi connectivity index (χ4v) is 4.86. The maximum absolute atomic E-state index is 14.2. The van der Waals surface area contributed by atoms with Crippen molar-refractivity contribution in [1.82, 2.24) is 9.88 Å². The van der Waals surface area contributed by atoms with Crippen LogP contribution in [0.15, 0.2) is 59.1 Å². The minimum Gasteiger partial charge on any atom is -0.451 e. The Morgan fingerprint density at radius 1 is 1.07 bits per heavy atom. The van der Waals surface area contributed by atoms with E-state index < -0.39 is 11.5 Å².